The van der Waals surface area contributed by atoms with Gasteiger partial charge in [0, 0.05) is 0 Å². The average Bonchev–Trinajstić information content (AvgIpc) is 1.52. The Labute approximate surface area is 77.2 Å². The SMILES string of the molecule is CC(C)(O)CC(C)(C)C(C)(C)C. The molecule has 1 heteroatoms. The molecular formula is C11H24O. The topological polar surface area (TPSA) is 20.2 Å². The van der Waals surface area contributed by atoms with Gasteiger partial charge in [-0.15, -0.1) is 0 Å². The lowest BCUT2D eigenvalue weighted by Gasteiger charge is -2.42. The molecule has 0 aromatic rings. The lowest BCUT2D eigenvalue weighted by molar-refractivity contribution is -0.00952. The zero-order valence-corrected chi connectivity index (χ0v) is 9.65. The summed E-state index contributed by atoms with van der Waals surface area (Å²) >= 11 is 0. The van der Waals surface area contributed by atoms with Gasteiger partial charge in [-0.25, -0.2) is 0 Å². The van der Waals surface area contributed by atoms with Gasteiger partial charge in [-0.3, -0.25) is 0 Å². The zero-order chi connectivity index (χ0) is 10.2. The van der Waals surface area contributed by atoms with Gasteiger partial charge in [-0.05, 0) is 31.1 Å². The summed E-state index contributed by atoms with van der Waals surface area (Å²) in [4.78, 5) is 0. The second kappa shape index (κ2) is 3.02. The number of rotatable bonds is 2. The number of hydrogen-bond donors (Lipinski definition) is 1. The lowest BCUT2D eigenvalue weighted by Crippen LogP contribution is -2.37. The number of hydrogen-bond acceptors (Lipinski definition) is 1. The second-order valence-electron chi connectivity index (χ2n) is 6.12. The van der Waals surface area contributed by atoms with E-state index in [1.165, 1.54) is 0 Å². The van der Waals surface area contributed by atoms with Gasteiger partial charge in [-0.2, -0.15) is 0 Å². The van der Waals surface area contributed by atoms with E-state index in [1.54, 1.807) is 0 Å². The minimum absolute atomic E-state index is 0.172. The molecule has 12 heavy (non-hydrogen) atoms. The van der Waals surface area contributed by atoms with Crippen LogP contribution in [0.1, 0.15) is 54.9 Å². The van der Waals surface area contributed by atoms with Crippen molar-refractivity contribution in [2.75, 3.05) is 0 Å². The molecule has 0 aromatic carbocycles. The van der Waals surface area contributed by atoms with Crippen LogP contribution in [0.4, 0.5) is 0 Å². The van der Waals surface area contributed by atoms with Gasteiger partial charge in [0.2, 0.25) is 0 Å². The first kappa shape index (κ1) is 12.0. The molecule has 1 N–H and O–H groups in total. The molecule has 0 atom stereocenters. The van der Waals surface area contributed by atoms with Gasteiger partial charge in [-0.1, -0.05) is 34.6 Å². The lowest BCUT2D eigenvalue weighted by atomic mass is 9.65. The molecule has 0 unspecified atom stereocenters. The average molecular weight is 172 g/mol. The van der Waals surface area contributed by atoms with Crippen LogP contribution in [0.15, 0.2) is 0 Å². The molecule has 0 amide bonds. The normalized spacial score (nSPS) is 15.0. The Hall–Kier alpha value is -0.0400. The standard InChI is InChI=1S/C11H24O/c1-9(2,3)10(4,5)8-11(6,7)12/h12H,8H2,1-7H3. The van der Waals surface area contributed by atoms with Crippen LogP contribution >= 0.6 is 0 Å². The van der Waals surface area contributed by atoms with E-state index in [1.807, 2.05) is 13.8 Å². The van der Waals surface area contributed by atoms with E-state index >= 15 is 0 Å². The largest absolute Gasteiger partial charge is 0.390 e. The molecule has 0 aromatic heterocycles. The molecule has 0 aliphatic rings. The van der Waals surface area contributed by atoms with Crippen LogP contribution in [0.3, 0.4) is 0 Å². The molecule has 0 spiro atoms. The molecule has 74 valence electrons. The van der Waals surface area contributed by atoms with Gasteiger partial charge in [0.25, 0.3) is 0 Å². The molecule has 0 fully saturated rings. The minimum Gasteiger partial charge on any atom is -0.390 e. The van der Waals surface area contributed by atoms with Crippen LogP contribution in [0, 0.1) is 10.8 Å². The van der Waals surface area contributed by atoms with Crippen molar-refractivity contribution in [3.8, 4) is 0 Å². The van der Waals surface area contributed by atoms with Gasteiger partial charge in [0.05, 0.1) is 5.60 Å². The molecule has 0 aliphatic heterocycles. The van der Waals surface area contributed by atoms with Gasteiger partial charge in [0.15, 0.2) is 0 Å². The van der Waals surface area contributed by atoms with Crippen molar-refractivity contribution in [3.05, 3.63) is 0 Å². The predicted molar refractivity (Wildman–Crippen MR) is 54.2 cm³/mol. The Kier molecular flexibility index (Phi) is 3.01. The molecule has 0 heterocycles. The molecule has 1 nitrogen and oxygen atoms in total. The summed E-state index contributed by atoms with van der Waals surface area (Å²) in [5.74, 6) is 0. The fourth-order valence-electron chi connectivity index (χ4n) is 1.35. The summed E-state index contributed by atoms with van der Waals surface area (Å²) in [6, 6.07) is 0. The molecular weight excluding hydrogens is 148 g/mol. The molecule has 0 rings (SSSR count). The van der Waals surface area contributed by atoms with Crippen molar-refractivity contribution in [1.29, 1.82) is 0 Å². The van der Waals surface area contributed by atoms with E-state index < -0.39 is 5.60 Å². The minimum atomic E-state index is -0.559. The van der Waals surface area contributed by atoms with Crippen molar-refractivity contribution in [1.82, 2.24) is 0 Å². The van der Waals surface area contributed by atoms with E-state index in [4.69, 9.17) is 0 Å². The highest BCUT2D eigenvalue weighted by molar-refractivity contribution is 4.87. The maximum Gasteiger partial charge on any atom is 0.0597 e. The first-order chi connectivity index (χ1) is 4.96. The summed E-state index contributed by atoms with van der Waals surface area (Å²) < 4.78 is 0. The van der Waals surface area contributed by atoms with Crippen LogP contribution < -0.4 is 0 Å². The summed E-state index contributed by atoms with van der Waals surface area (Å²) in [7, 11) is 0. The highest BCUT2D eigenvalue weighted by Crippen LogP contribution is 2.43. The fourth-order valence-corrected chi connectivity index (χ4v) is 1.35. The van der Waals surface area contributed by atoms with Crippen molar-refractivity contribution < 1.29 is 5.11 Å². The van der Waals surface area contributed by atoms with E-state index in [9.17, 15) is 5.11 Å². The van der Waals surface area contributed by atoms with Crippen LogP contribution in [-0.2, 0) is 0 Å². The molecule has 0 radical (unpaired) electrons. The van der Waals surface area contributed by atoms with E-state index in [-0.39, 0.29) is 10.8 Å². The van der Waals surface area contributed by atoms with Gasteiger partial charge in [0.1, 0.15) is 0 Å². The van der Waals surface area contributed by atoms with Gasteiger partial charge >= 0.3 is 0 Å². The quantitative estimate of drug-likeness (QED) is 0.678. The Morgan fingerprint density at radius 3 is 1.25 bits per heavy atom. The molecule has 0 saturated carbocycles. The van der Waals surface area contributed by atoms with E-state index in [2.05, 4.69) is 34.6 Å². The van der Waals surface area contributed by atoms with Crippen molar-refractivity contribution in [2.45, 2.75) is 60.5 Å². The highest BCUT2D eigenvalue weighted by Gasteiger charge is 2.36. The van der Waals surface area contributed by atoms with Crippen LogP contribution in [0.25, 0.3) is 0 Å². The predicted octanol–water partition coefficient (Wildman–Crippen LogP) is 3.22. The first-order valence-corrected chi connectivity index (χ1v) is 4.68. The van der Waals surface area contributed by atoms with E-state index in [0.29, 0.717) is 0 Å². The first-order valence-electron chi connectivity index (χ1n) is 4.68. The van der Waals surface area contributed by atoms with Crippen molar-refractivity contribution in [3.63, 3.8) is 0 Å². The van der Waals surface area contributed by atoms with Crippen LogP contribution in [-0.4, -0.2) is 10.7 Å². The summed E-state index contributed by atoms with van der Waals surface area (Å²) in [5, 5.41) is 9.72. The van der Waals surface area contributed by atoms with E-state index in [0.717, 1.165) is 6.42 Å². The third kappa shape index (κ3) is 3.57. The summed E-state index contributed by atoms with van der Waals surface area (Å²) in [6.07, 6.45) is 0.837. The smallest absolute Gasteiger partial charge is 0.0597 e. The summed E-state index contributed by atoms with van der Waals surface area (Å²) in [5.41, 5.74) is -0.144. The fraction of sp³-hybridized carbons (Fsp3) is 1.00. The maximum atomic E-state index is 9.72. The maximum absolute atomic E-state index is 9.72. The molecule has 0 aliphatic carbocycles. The van der Waals surface area contributed by atoms with Crippen molar-refractivity contribution in [2.24, 2.45) is 10.8 Å². The Balaban J connectivity index is 4.44. The Morgan fingerprint density at radius 1 is 0.833 bits per heavy atom. The third-order valence-electron chi connectivity index (χ3n) is 2.90. The second-order valence-corrected chi connectivity index (χ2v) is 6.12. The Bertz CT molecular complexity index is 143. The van der Waals surface area contributed by atoms with Crippen LogP contribution in [0.5, 0.6) is 0 Å². The molecule has 0 saturated heterocycles. The molecule has 0 bridgehead atoms. The highest BCUT2D eigenvalue weighted by atomic mass is 16.3. The monoisotopic (exact) mass is 172 g/mol. The van der Waals surface area contributed by atoms with Crippen molar-refractivity contribution >= 4 is 0 Å². The summed E-state index contributed by atoms with van der Waals surface area (Å²) in [6.45, 7) is 14.8. The van der Waals surface area contributed by atoms with Crippen LogP contribution in [0.2, 0.25) is 0 Å². The number of aliphatic hydroxyl groups is 1. The zero-order valence-electron chi connectivity index (χ0n) is 9.65. The third-order valence-corrected chi connectivity index (χ3v) is 2.90. The Morgan fingerprint density at radius 2 is 1.17 bits per heavy atom. The van der Waals surface area contributed by atoms with Gasteiger partial charge < -0.3 is 5.11 Å².